The van der Waals surface area contributed by atoms with E-state index in [-0.39, 0.29) is 11.2 Å². The van der Waals surface area contributed by atoms with Crippen molar-refractivity contribution in [3.63, 3.8) is 0 Å². The van der Waals surface area contributed by atoms with Crippen molar-refractivity contribution in [1.29, 1.82) is 0 Å². The highest BCUT2D eigenvalue weighted by molar-refractivity contribution is 7.21. The van der Waals surface area contributed by atoms with Gasteiger partial charge in [0.05, 0.1) is 11.1 Å². The zero-order valence-corrected chi connectivity index (χ0v) is 18.4. The maximum atomic E-state index is 15.0. The van der Waals surface area contributed by atoms with Crippen molar-refractivity contribution >= 4 is 27.7 Å². The third kappa shape index (κ3) is 3.44. The summed E-state index contributed by atoms with van der Waals surface area (Å²) in [6.07, 6.45) is 5.48. The predicted octanol–water partition coefficient (Wildman–Crippen LogP) is 5.06. The van der Waals surface area contributed by atoms with Crippen LogP contribution in [-0.2, 0) is 16.8 Å². The molecule has 0 aliphatic heterocycles. The van der Waals surface area contributed by atoms with Crippen LogP contribution < -0.4 is 5.32 Å². The predicted molar refractivity (Wildman–Crippen MR) is 126 cm³/mol. The molecule has 2 aromatic heterocycles. The lowest BCUT2D eigenvalue weighted by molar-refractivity contribution is -0.140. The second kappa shape index (κ2) is 7.30. The summed E-state index contributed by atoms with van der Waals surface area (Å²) >= 11 is 1.37. The number of rotatable bonds is 7. The molecule has 7 heteroatoms. The van der Waals surface area contributed by atoms with E-state index in [1.807, 2.05) is 36.4 Å². The largest absolute Gasteiger partial charge is 0.480 e. The number of nitrogens with zero attached hydrogens (tertiary/aromatic N) is 2. The van der Waals surface area contributed by atoms with Crippen LogP contribution in [0.15, 0.2) is 72.8 Å². The zero-order chi connectivity index (χ0) is 22.6. The van der Waals surface area contributed by atoms with Gasteiger partial charge >= 0.3 is 5.97 Å². The van der Waals surface area contributed by atoms with Crippen LogP contribution in [0.3, 0.4) is 0 Å². The Morgan fingerprint density at radius 1 is 1.06 bits per heavy atom. The van der Waals surface area contributed by atoms with Crippen molar-refractivity contribution in [3.8, 4) is 10.6 Å². The highest BCUT2D eigenvalue weighted by Gasteiger charge is 2.49. The van der Waals surface area contributed by atoms with Gasteiger partial charge in [0.1, 0.15) is 26.7 Å². The third-order valence-electron chi connectivity index (χ3n) is 6.49. The highest BCUT2D eigenvalue weighted by atomic mass is 32.1. The number of halogens is 1. The number of carbonyl (C=O) groups is 1. The van der Waals surface area contributed by atoms with E-state index in [0.717, 1.165) is 16.0 Å². The van der Waals surface area contributed by atoms with Crippen molar-refractivity contribution < 1.29 is 14.3 Å². The molecule has 2 aliphatic rings. The first-order valence-electron chi connectivity index (χ1n) is 10.8. The molecule has 0 atom stereocenters. The van der Waals surface area contributed by atoms with Crippen LogP contribution in [0.4, 0.5) is 4.39 Å². The van der Waals surface area contributed by atoms with Gasteiger partial charge in [0.2, 0.25) is 0 Å². The minimum Gasteiger partial charge on any atom is -0.480 e. The van der Waals surface area contributed by atoms with E-state index in [4.69, 9.17) is 4.98 Å². The van der Waals surface area contributed by atoms with E-state index >= 15 is 0 Å². The lowest BCUT2D eigenvalue weighted by Crippen LogP contribution is -2.38. The van der Waals surface area contributed by atoms with Crippen LogP contribution in [0.2, 0.25) is 0 Å². The molecule has 5 nitrogen and oxygen atoms in total. The van der Waals surface area contributed by atoms with Crippen LogP contribution in [-0.4, -0.2) is 26.6 Å². The van der Waals surface area contributed by atoms with Crippen LogP contribution in [0.25, 0.3) is 20.9 Å². The summed E-state index contributed by atoms with van der Waals surface area (Å²) in [5.41, 5.74) is 2.86. The SMILES string of the molecule is O=C(O)C1(NCc2ccc(-c3nc4ccc(C5(c6ccccc6)C=C5)nc4s3)c(F)c2)CC1. The molecule has 0 amide bonds. The lowest BCUT2D eigenvalue weighted by Gasteiger charge is -2.15. The van der Waals surface area contributed by atoms with Gasteiger partial charge in [0.25, 0.3) is 0 Å². The number of benzene rings is 2. The van der Waals surface area contributed by atoms with E-state index < -0.39 is 11.5 Å². The molecule has 33 heavy (non-hydrogen) atoms. The fourth-order valence-electron chi connectivity index (χ4n) is 4.18. The average Bonchev–Trinajstić information content (AvgIpc) is 3.75. The molecule has 0 radical (unpaired) electrons. The molecule has 0 saturated heterocycles. The second-order valence-electron chi connectivity index (χ2n) is 8.66. The van der Waals surface area contributed by atoms with Crippen LogP contribution in [0.5, 0.6) is 0 Å². The number of hydrogen-bond acceptors (Lipinski definition) is 5. The van der Waals surface area contributed by atoms with Gasteiger partial charge in [0.15, 0.2) is 0 Å². The standard InChI is InChI=1S/C26H20FN3O2S/c27-19-14-16(15-28-26(12-13-26)24(31)32)6-7-18(19)22-29-20-8-9-21(30-23(20)33-22)25(10-11-25)17-4-2-1-3-5-17/h1-11,14,28H,12-13,15H2,(H,31,32). The number of pyridine rings is 1. The molecule has 164 valence electrons. The average molecular weight is 458 g/mol. The van der Waals surface area contributed by atoms with Crippen molar-refractivity contribution in [2.24, 2.45) is 0 Å². The van der Waals surface area contributed by atoms with Gasteiger partial charge in [0, 0.05) is 12.1 Å². The summed E-state index contributed by atoms with van der Waals surface area (Å²) in [7, 11) is 0. The van der Waals surface area contributed by atoms with Crippen LogP contribution in [0.1, 0.15) is 29.7 Å². The van der Waals surface area contributed by atoms with Gasteiger partial charge in [-0.05, 0) is 48.2 Å². The molecule has 1 saturated carbocycles. The zero-order valence-electron chi connectivity index (χ0n) is 17.6. The second-order valence-corrected chi connectivity index (χ2v) is 9.64. The first kappa shape index (κ1) is 20.2. The van der Waals surface area contributed by atoms with Gasteiger partial charge in [-0.3, -0.25) is 10.1 Å². The molecule has 0 unspecified atom stereocenters. The van der Waals surface area contributed by atoms with Gasteiger partial charge in [-0.2, -0.15) is 0 Å². The summed E-state index contributed by atoms with van der Waals surface area (Å²) < 4.78 is 15.0. The van der Waals surface area contributed by atoms with E-state index in [1.165, 1.54) is 23.0 Å². The number of fused-ring (bicyclic) bond motifs is 1. The summed E-state index contributed by atoms with van der Waals surface area (Å²) in [4.78, 5) is 21.6. The van der Waals surface area contributed by atoms with Crippen molar-refractivity contribution in [3.05, 3.63) is 95.5 Å². The Morgan fingerprint density at radius 3 is 2.52 bits per heavy atom. The minimum absolute atomic E-state index is 0.269. The molecular formula is C26H20FN3O2S. The van der Waals surface area contributed by atoms with E-state index in [9.17, 15) is 14.3 Å². The van der Waals surface area contributed by atoms with Crippen LogP contribution >= 0.6 is 11.3 Å². The smallest absolute Gasteiger partial charge is 0.323 e. The maximum Gasteiger partial charge on any atom is 0.323 e. The molecule has 2 N–H and O–H groups in total. The number of carboxylic acid groups (broad SMARTS) is 1. The Morgan fingerprint density at radius 2 is 1.85 bits per heavy atom. The number of carboxylic acids is 1. The molecule has 1 fully saturated rings. The number of thiazole rings is 1. The molecule has 2 aliphatic carbocycles. The first-order valence-corrected chi connectivity index (χ1v) is 11.6. The van der Waals surface area contributed by atoms with Crippen molar-refractivity contribution in [2.75, 3.05) is 0 Å². The summed E-state index contributed by atoms with van der Waals surface area (Å²) in [5, 5.41) is 12.9. The Labute approximate surface area is 193 Å². The molecular weight excluding hydrogens is 437 g/mol. The molecule has 6 rings (SSSR count). The van der Waals surface area contributed by atoms with E-state index in [2.05, 4.69) is 34.6 Å². The van der Waals surface area contributed by atoms with Gasteiger partial charge in [-0.15, -0.1) is 0 Å². The summed E-state index contributed by atoms with van der Waals surface area (Å²) in [6.45, 7) is 0.308. The quantitative estimate of drug-likeness (QED) is 0.380. The minimum atomic E-state index is -0.851. The fraction of sp³-hybridized carbons (Fsp3) is 0.192. The summed E-state index contributed by atoms with van der Waals surface area (Å²) in [5.74, 6) is -1.23. The van der Waals surface area contributed by atoms with Crippen molar-refractivity contribution in [1.82, 2.24) is 15.3 Å². The lowest BCUT2D eigenvalue weighted by atomic mass is 9.89. The Hall–Kier alpha value is -3.42. The summed E-state index contributed by atoms with van der Waals surface area (Å²) in [6, 6.07) is 19.1. The number of aliphatic carboxylic acids is 1. The fourth-order valence-corrected chi connectivity index (χ4v) is 5.14. The number of allylic oxidation sites excluding steroid dienone is 2. The molecule has 2 aromatic carbocycles. The Kier molecular flexibility index (Phi) is 4.47. The third-order valence-corrected chi connectivity index (χ3v) is 7.48. The van der Waals surface area contributed by atoms with Gasteiger partial charge < -0.3 is 5.11 Å². The molecule has 2 heterocycles. The molecule has 0 spiro atoms. The normalized spacial score (nSPS) is 17.2. The van der Waals surface area contributed by atoms with Gasteiger partial charge in [-0.25, -0.2) is 14.4 Å². The Balaban J connectivity index is 1.27. The monoisotopic (exact) mass is 457 g/mol. The van der Waals surface area contributed by atoms with Crippen molar-refractivity contribution in [2.45, 2.75) is 30.3 Å². The Bertz CT molecular complexity index is 1420. The topological polar surface area (TPSA) is 75.1 Å². The number of nitrogens with one attached hydrogen (secondary N) is 1. The first-order chi connectivity index (χ1) is 16.0. The maximum absolute atomic E-state index is 15.0. The van der Waals surface area contributed by atoms with Crippen LogP contribution in [0, 0.1) is 5.82 Å². The van der Waals surface area contributed by atoms with E-state index in [1.54, 1.807) is 6.07 Å². The number of hydrogen-bond donors (Lipinski definition) is 2. The highest BCUT2D eigenvalue weighted by Crippen LogP contribution is 2.45. The molecule has 4 aromatic rings. The molecule has 0 bridgehead atoms. The van der Waals surface area contributed by atoms with Gasteiger partial charge in [-0.1, -0.05) is 59.9 Å². The van der Waals surface area contributed by atoms with E-state index in [0.29, 0.717) is 35.5 Å². The number of aromatic nitrogens is 2.